The van der Waals surface area contributed by atoms with E-state index in [1.807, 2.05) is 0 Å². The molecule has 2 heterocycles. The highest BCUT2D eigenvalue weighted by atomic mass is 35.5. The van der Waals surface area contributed by atoms with Gasteiger partial charge < -0.3 is 14.5 Å². The Bertz CT molecular complexity index is 852. The average Bonchev–Trinajstić information content (AvgIpc) is 3.04. The predicted molar refractivity (Wildman–Crippen MR) is 87.9 cm³/mol. The third-order valence-corrected chi connectivity index (χ3v) is 3.44. The van der Waals surface area contributed by atoms with E-state index in [1.165, 1.54) is 7.11 Å². The molecule has 0 radical (unpaired) electrons. The minimum atomic E-state index is -0.291. The first-order valence-electron chi connectivity index (χ1n) is 7.02. The van der Waals surface area contributed by atoms with Gasteiger partial charge >= 0.3 is 0 Å². The van der Waals surface area contributed by atoms with Crippen LogP contribution in [0, 0.1) is 0 Å². The lowest BCUT2D eigenvalue weighted by Gasteiger charge is -2.07. The van der Waals surface area contributed by atoms with E-state index in [4.69, 9.17) is 20.8 Å². The van der Waals surface area contributed by atoms with E-state index in [1.54, 1.807) is 42.7 Å². The second-order valence-electron chi connectivity index (χ2n) is 4.81. The van der Waals surface area contributed by atoms with E-state index >= 15 is 0 Å². The molecule has 0 spiro atoms. The number of benzene rings is 1. The summed E-state index contributed by atoms with van der Waals surface area (Å²) in [5.74, 6) is 0.807. The van der Waals surface area contributed by atoms with Crippen molar-refractivity contribution >= 4 is 23.2 Å². The van der Waals surface area contributed by atoms with Crippen molar-refractivity contribution in [1.29, 1.82) is 0 Å². The number of rotatable bonds is 5. The van der Waals surface area contributed by atoms with Crippen LogP contribution in [0.3, 0.4) is 0 Å². The number of aromatic nitrogens is 3. The third kappa shape index (κ3) is 3.69. The van der Waals surface area contributed by atoms with Crippen LogP contribution in [0.2, 0.25) is 5.02 Å². The standard InChI is InChI=1S/C16H13ClN4O3/c1-23-13-3-2-11(8-12(13)17)19-14(22)9-15-20-21-16(24-15)10-4-6-18-7-5-10/h2-8H,9H2,1H3,(H,19,22). The number of halogens is 1. The molecule has 0 unspecified atom stereocenters. The normalized spacial score (nSPS) is 10.4. The van der Waals surface area contributed by atoms with Gasteiger partial charge in [-0.3, -0.25) is 9.78 Å². The lowest BCUT2D eigenvalue weighted by atomic mass is 10.3. The molecule has 24 heavy (non-hydrogen) atoms. The number of amides is 1. The second kappa shape index (κ2) is 7.10. The Labute approximate surface area is 142 Å². The number of ether oxygens (including phenoxy) is 1. The van der Waals surface area contributed by atoms with Crippen LogP contribution in [-0.4, -0.2) is 28.2 Å². The Morgan fingerprint density at radius 3 is 2.75 bits per heavy atom. The molecule has 0 aliphatic carbocycles. The highest BCUT2D eigenvalue weighted by Crippen LogP contribution is 2.27. The summed E-state index contributed by atoms with van der Waals surface area (Å²) >= 11 is 6.02. The van der Waals surface area contributed by atoms with Crippen LogP contribution in [-0.2, 0) is 11.2 Å². The van der Waals surface area contributed by atoms with Gasteiger partial charge in [0.05, 0.1) is 12.1 Å². The molecule has 0 saturated heterocycles. The minimum Gasteiger partial charge on any atom is -0.495 e. The van der Waals surface area contributed by atoms with Crippen LogP contribution < -0.4 is 10.1 Å². The number of nitrogens with zero attached hydrogens (tertiary/aromatic N) is 3. The van der Waals surface area contributed by atoms with Crippen LogP contribution in [0.15, 0.2) is 47.1 Å². The highest BCUT2D eigenvalue weighted by Gasteiger charge is 2.13. The van der Waals surface area contributed by atoms with Crippen molar-refractivity contribution in [3.05, 3.63) is 53.6 Å². The van der Waals surface area contributed by atoms with Gasteiger partial charge in [-0.2, -0.15) is 0 Å². The van der Waals surface area contributed by atoms with Gasteiger partial charge in [0.15, 0.2) is 0 Å². The fourth-order valence-corrected chi connectivity index (χ4v) is 2.28. The van der Waals surface area contributed by atoms with Crippen molar-refractivity contribution in [1.82, 2.24) is 15.2 Å². The fourth-order valence-electron chi connectivity index (χ4n) is 2.02. The van der Waals surface area contributed by atoms with Crippen LogP contribution in [0.25, 0.3) is 11.5 Å². The lowest BCUT2D eigenvalue weighted by Crippen LogP contribution is -2.14. The van der Waals surface area contributed by atoms with Crippen LogP contribution in [0.4, 0.5) is 5.69 Å². The lowest BCUT2D eigenvalue weighted by molar-refractivity contribution is -0.115. The van der Waals surface area contributed by atoms with Crippen molar-refractivity contribution in [3.8, 4) is 17.2 Å². The summed E-state index contributed by atoms with van der Waals surface area (Å²) in [6, 6.07) is 8.47. The Balaban J connectivity index is 1.65. The molecule has 1 amide bonds. The molecule has 0 aliphatic heterocycles. The number of methoxy groups -OCH3 is 1. The Kier molecular flexibility index (Phi) is 4.72. The molecule has 122 valence electrons. The molecule has 0 fully saturated rings. The number of hydrogen-bond donors (Lipinski definition) is 1. The first-order chi connectivity index (χ1) is 11.7. The Morgan fingerprint density at radius 2 is 2.04 bits per heavy atom. The first kappa shape index (κ1) is 15.9. The summed E-state index contributed by atoms with van der Waals surface area (Å²) in [4.78, 5) is 16.0. The Morgan fingerprint density at radius 1 is 1.25 bits per heavy atom. The van der Waals surface area contributed by atoms with E-state index in [0.29, 0.717) is 22.4 Å². The summed E-state index contributed by atoms with van der Waals surface area (Å²) in [6.07, 6.45) is 3.21. The summed E-state index contributed by atoms with van der Waals surface area (Å²) in [5, 5.41) is 10.9. The van der Waals surface area contributed by atoms with E-state index in [-0.39, 0.29) is 18.2 Å². The van der Waals surface area contributed by atoms with Crippen molar-refractivity contribution < 1.29 is 13.9 Å². The van der Waals surface area contributed by atoms with Crippen molar-refractivity contribution in [2.24, 2.45) is 0 Å². The van der Waals surface area contributed by atoms with Gasteiger partial charge in [0.1, 0.15) is 12.2 Å². The third-order valence-electron chi connectivity index (χ3n) is 3.14. The van der Waals surface area contributed by atoms with E-state index in [0.717, 1.165) is 5.56 Å². The van der Waals surface area contributed by atoms with Gasteiger partial charge in [0.2, 0.25) is 17.7 Å². The van der Waals surface area contributed by atoms with Gasteiger partial charge in [-0.05, 0) is 30.3 Å². The van der Waals surface area contributed by atoms with Gasteiger partial charge in [0, 0.05) is 23.6 Å². The molecule has 0 bridgehead atoms. The number of carbonyl (C=O) groups excluding carboxylic acids is 1. The summed E-state index contributed by atoms with van der Waals surface area (Å²) in [6.45, 7) is 0. The molecule has 2 aromatic heterocycles. The zero-order valence-corrected chi connectivity index (χ0v) is 13.4. The monoisotopic (exact) mass is 344 g/mol. The van der Waals surface area contributed by atoms with Gasteiger partial charge in [-0.15, -0.1) is 10.2 Å². The number of pyridine rings is 1. The molecular weight excluding hydrogens is 332 g/mol. The maximum Gasteiger partial charge on any atom is 0.247 e. The van der Waals surface area contributed by atoms with Crippen molar-refractivity contribution in [2.75, 3.05) is 12.4 Å². The molecular formula is C16H13ClN4O3. The molecule has 8 heteroatoms. The highest BCUT2D eigenvalue weighted by molar-refractivity contribution is 6.32. The number of carbonyl (C=O) groups is 1. The van der Waals surface area contributed by atoms with E-state index in [2.05, 4.69) is 20.5 Å². The molecule has 3 aromatic rings. The van der Waals surface area contributed by atoms with Crippen molar-refractivity contribution in [3.63, 3.8) is 0 Å². The zero-order chi connectivity index (χ0) is 16.9. The second-order valence-corrected chi connectivity index (χ2v) is 5.22. The van der Waals surface area contributed by atoms with E-state index in [9.17, 15) is 4.79 Å². The fraction of sp³-hybridized carbons (Fsp3) is 0.125. The molecule has 1 N–H and O–H groups in total. The quantitative estimate of drug-likeness (QED) is 0.765. The van der Waals surface area contributed by atoms with Crippen LogP contribution in [0.1, 0.15) is 5.89 Å². The molecule has 0 aliphatic rings. The maximum atomic E-state index is 12.1. The molecule has 7 nitrogen and oxygen atoms in total. The summed E-state index contributed by atoms with van der Waals surface area (Å²) in [5.41, 5.74) is 1.30. The van der Waals surface area contributed by atoms with Crippen LogP contribution in [0.5, 0.6) is 5.75 Å². The first-order valence-corrected chi connectivity index (χ1v) is 7.39. The molecule has 3 rings (SSSR count). The number of nitrogens with one attached hydrogen (secondary N) is 1. The largest absolute Gasteiger partial charge is 0.495 e. The minimum absolute atomic E-state index is 0.0399. The topological polar surface area (TPSA) is 90.1 Å². The summed E-state index contributed by atoms with van der Waals surface area (Å²) < 4.78 is 10.5. The maximum absolute atomic E-state index is 12.1. The molecule has 1 aromatic carbocycles. The predicted octanol–water partition coefficient (Wildman–Crippen LogP) is 2.97. The number of anilines is 1. The Hall–Kier alpha value is -2.93. The van der Waals surface area contributed by atoms with Crippen LogP contribution >= 0.6 is 11.6 Å². The smallest absolute Gasteiger partial charge is 0.247 e. The van der Waals surface area contributed by atoms with Crippen molar-refractivity contribution in [2.45, 2.75) is 6.42 Å². The molecule has 0 atom stereocenters. The SMILES string of the molecule is COc1ccc(NC(=O)Cc2nnc(-c3ccncc3)o2)cc1Cl. The van der Waals surface area contributed by atoms with Gasteiger partial charge in [-0.1, -0.05) is 11.6 Å². The average molecular weight is 345 g/mol. The number of hydrogen-bond acceptors (Lipinski definition) is 6. The molecule has 0 saturated carbocycles. The zero-order valence-electron chi connectivity index (χ0n) is 12.7. The van der Waals surface area contributed by atoms with Gasteiger partial charge in [-0.25, -0.2) is 0 Å². The van der Waals surface area contributed by atoms with Gasteiger partial charge in [0.25, 0.3) is 0 Å². The van der Waals surface area contributed by atoms with E-state index < -0.39 is 0 Å². The summed E-state index contributed by atoms with van der Waals surface area (Å²) in [7, 11) is 1.52.